The van der Waals surface area contributed by atoms with Gasteiger partial charge in [0, 0.05) is 66.2 Å². The number of amides is 1. The number of pyridine rings is 1. The van der Waals surface area contributed by atoms with Gasteiger partial charge in [0.2, 0.25) is 5.88 Å². The second kappa shape index (κ2) is 9.61. The minimum atomic E-state index is -1.55. The zero-order chi connectivity index (χ0) is 26.3. The fourth-order valence-electron chi connectivity index (χ4n) is 4.78. The van der Waals surface area contributed by atoms with Gasteiger partial charge in [0.15, 0.2) is 0 Å². The number of carbonyl (C=O) groups is 1. The van der Waals surface area contributed by atoms with Gasteiger partial charge >= 0.3 is 0 Å². The Hall–Kier alpha value is -3.75. The number of methoxy groups -OCH3 is 1. The lowest BCUT2D eigenvalue weighted by Crippen LogP contribution is -2.41. The molecule has 1 N–H and O–H groups in total. The Bertz CT molecular complexity index is 1450. The van der Waals surface area contributed by atoms with Gasteiger partial charge in [-0.05, 0) is 47.9 Å². The van der Waals surface area contributed by atoms with E-state index >= 15 is 4.39 Å². The highest BCUT2D eigenvalue weighted by molar-refractivity contribution is 6.30. The van der Waals surface area contributed by atoms with E-state index in [1.54, 1.807) is 60.2 Å². The molecule has 5 rings (SSSR count). The van der Waals surface area contributed by atoms with Crippen LogP contribution in [0.15, 0.2) is 67.1 Å². The zero-order valence-corrected chi connectivity index (χ0v) is 21.4. The molecule has 2 aromatic heterocycles. The molecule has 1 amide bonds. The van der Waals surface area contributed by atoms with Crippen molar-refractivity contribution in [2.24, 2.45) is 7.05 Å². The van der Waals surface area contributed by atoms with Gasteiger partial charge in [0.25, 0.3) is 5.91 Å². The van der Waals surface area contributed by atoms with Crippen LogP contribution in [0.3, 0.4) is 0 Å². The summed E-state index contributed by atoms with van der Waals surface area (Å²) in [7, 11) is 3.27. The average Bonchev–Trinajstić information content (AvgIpc) is 3.34. The van der Waals surface area contributed by atoms with Gasteiger partial charge in [0.1, 0.15) is 11.4 Å². The van der Waals surface area contributed by atoms with Crippen LogP contribution < -0.4 is 4.74 Å². The van der Waals surface area contributed by atoms with Crippen LogP contribution in [0, 0.1) is 5.82 Å². The number of hydrogen-bond donors (Lipinski definition) is 1. The number of benzene rings is 2. The molecule has 0 bridgehead atoms. The molecule has 0 aliphatic carbocycles. The first kappa shape index (κ1) is 24.9. The molecule has 9 heteroatoms. The highest BCUT2D eigenvalue weighted by Gasteiger charge is 2.37. The first-order chi connectivity index (χ1) is 17.7. The number of ether oxygens (including phenoxy) is 1. The van der Waals surface area contributed by atoms with Gasteiger partial charge in [0.05, 0.1) is 13.3 Å². The van der Waals surface area contributed by atoms with Crippen molar-refractivity contribution >= 4 is 17.5 Å². The molecule has 0 saturated heterocycles. The summed E-state index contributed by atoms with van der Waals surface area (Å²) in [4.78, 5) is 19.7. The Kier molecular flexibility index (Phi) is 6.47. The summed E-state index contributed by atoms with van der Waals surface area (Å²) in [6, 6.07) is 13.7. The van der Waals surface area contributed by atoms with Crippen molar-refractivity contribution in [1.29, 1.82) is 0 Å². The molecule has 190 valence electrons. The summed E-state index contributed by atoms with van der Waals surface area (Å²) >= 11 is 6.11. The Morgan fingerprint density at radius 1 is 1.16 bits per heavy atom. The lowest BCUT2D eigenvalue weighted by atomic mass is 9.80. The van der Waals surface area contributed by atoms with Crippen molar-refractivity contribution in [3.8, 4) is 5.88 Å². The number of aliphatic hydroxyl groups is 1. The van der Waals surface area contributed by atoms with E-state index in [1.807, 2.05) is 18.2 Å². The molecule has 0 radical (unpaired) electrons. The van der Waals surface area contributed by atoms with Crippen LogP contribution in [-0.2, 0) is 19.2 Å². The molecule has 1 aliphatic heterocycles. The summed E-state index contributed by atoms with van der Waals surface area (Å²) < 4.78 is 22.6. The maximum atomic E-state index is 15.9. The summed E-state index contributed by atoms with van der Waals surface area (Å²) in [5.41, 5.74) is 1.38. The van der Waals surface area contributed by atoms with Gasteiger partial charge in [-0.3, -0.25) is 9.48 Å². The van der Waals surface area contributed by atoms with E-state index in [-0.39, 0.29) is 30.1 Å². The number of hydrogen-bond acceptors (Lipinski definition) is 5. The summed E-state index contributed by atoms with van der Waals surface area (Å²) in [6.07, 6.45) is 4.85. The lowest BCUT2D eigenvalue weighted by molar-refractivity contribution is 0.0711. The third kappa shape index (κ3) is 4.70. The molecule has 3 heterocycles. The van der Waals surface area contributed by atoms with Gasteiger partial charge in [-0.1, -0.05) is 29.8 Å². The Morgan fingerprint density at radius 2 is 1.92 bits per heavy atom. The highest BCUT2D eigenvalue weighted by Crippen LogP contribution is 2.40. The maximum absolute atomic E-state index is 15.9. The fourth-order valence-corrected chi connectivity index (χ4v) is 4.91. The topological polar surface area (TPSA) is 80.5 Å². The quantitative estimate of drug-likeness (QED) is 0.400. The van der Waals surface area contributed by atoms with Crippen LogP contribution in [-0.4, -0.2) is 44.3 Å². The van der Waals surface area contributed by atoms with Crippen LogP contribution in [0.25, 0.3) is 0 Å². The summed E-state index contributed by atoms with van der Waals surface area (Å²) in [5, 5.41) is 16.1. The van der Waals surface area contributed by atoms with Crippen molar-refractivity contribution in [2.45, 2.75) is 25.0 Å². The monoisotopic (exact) mass is 520 g/mol. The van der Waals surface area contributed by atoms with Gasteiger partial charge in [-0.15, -0.1) is 0 Å². The Balaban J connectivity index is 1.60. The molecule has 0 fully saturated rings. The summed E-state index contributed by atoms with van der Waals surface area (Å²) in [6.45, 7) is 2.12. The number of aryl methyl sites for hydroxylation is 1. The van der Waals surface area contributed by atoms with Crippen LogP contribution in [0.4, 0.5) is 4.39 Å². The molecule has 2 aromatic carbocycles. The number of rotatable bonds is 6. The van der Waals surface area contributed by atoms with Crippen molar-refractivity contribution in [2.75, 3.05) is 13.7 Å². The first-order valence-electron chi connectivity index (χ1n) is 11.8. The maximum Gasteiger partial charge on any atom is 0.254 e. The van der Waals surface area contributed by atoms with E-state index < -0.39 is 17.3 Å². The first-order valence-corrected chi connectivity index (χ1v) is 12.1. The van der Waals surface area contributed by atoms with Gasteiger partial charge in [-0.2, -0.15) is 5.10 Å². The number of fused-ring (bicyclic) bond motifs is 1. The number of nitrogens with zero attached hydrogens (tertiary/aromatic N) is 4. The predicted octanol–water partition coefficient (Wildman–Crippen LogP) is 4.66. The SMILES string of the molecule is COc1ccc(CN2CC(c3ccc(Cl)cc3)c3c(F)cc(C(C)(O)c4cnn(C)c4)cc3C2=O)cn1. The molecule has 4 aromatic rings. The molecule has 37 heavy (non-hydrogen) atoms. The van der Waals surface area contributed by atoms with Crippen molar-refractivity contribution in [3.05, 3.63) is 111 Å². The fraction of sp³-hybridized carbons (Fsp3) is 0.250. The second-order valence-corrected chi connectivity index (χ2v) is 9.83. The van der Waals surface area contributed by atoms with Crippen molar-refractivity contribution in [1.82, 2.24) is 19.7 Å². The molecule has 7 nitrogen and oxygen atoms in total. The minimum absolute atomic E-state index is 0.215. The zero-order valence-electron chi connectivity index (χ0n) is 20.7. The third-order valence-corrected chi connectivity index (χ3v) is 7.13. The number of aromatic nitrogens is 3. The van der Waals surface area contributed by atoms with Crippen LogP contribution in [0.1, 0.15) is 51.0 Å². The Labute approximate surface area is 219 Å². The molecular weight excluding hydrogens is 495 g/mol. The van der Waals surface area contributed by atoms with Crippen LogP contribution in [0.5, 0.6) is 5.88 Å². The Morgan fingerprint density at radius 3 is 2.54 bits per heavy atom. The van der Waals surface area contributed by atoms with E-state index in [9.17, 15) is 9.90 Å². The van der Waals surface area contributed by atoms with E-state index in [4.69, 9.17) is 16.3 Å². The summed E-state index contributed by atoms with van der Waals surface area (Å²) in [5.74, 6) is -0.814. The molecular formula is C28H26ClFN4O3. The molecule has 2 unspecified atom stereocenters. The minimum Gasteiger partial charge on any atom is -0.481 e. The highest BCUT2D eigenvalue weighted by atomic mass is 35.5. The van der Waals surface area contributed by atoms with Gasteiger partial charge in [-0.25, -0.2) is 9.37 Å². The molecule has 0 spiro atoms. The van der Waals surface area contributed by atoms with E-state index in [1.165, 1.54) is 19.4 Å². The molecule has 0 saturated carbocycles. The lowest BCUT2D eigenvalue weighted by Gasteiger charge is -2.36. The predicted molar refractivity (Wildman–Crippen MR) is 137 cm³/mol. The largest absolute Gasteiger partial charge is 0.481 e. The second-order valence-electron chi connectivity index (χ2n) is 9.39. The number of halogens is 2. The van der Waals surface area contributed by atoms with Crippen LogP contribution in [0.2, 0.25) is 5.02 Å². The van der Waals surface area contributed by atoms with Crippen molar-refractivity contribution < 1.29 is 19.0 Å². The average molecular weight is 521 g/mol. The standard InChI is InChI=1S/C28H26ClFN4O3/c1-28(36,20-13-32-33(2)15-20)19-10-22-26(24(30)11-19)23(18-5-7-21(29)8-6-18)16-34(27(22)35)14-17-4-9-25(37-3)31-12-17/h4-13,15,23,36H,14,16H2,1-3H3. The van der Waals surface area contributed by atoms with E-state index in [0.29, 0.717) is 22.0 Å². The third-order valence-electron chi connectivity index (χ3n) is 6.88. The van der Waals surface area contributed by atoms with E-state index in [2.05, 4.69) is 10.1 Å². The normalized spacial score (nSPS) is 16.9. The number of carbonyl (C=O) groups excluding carboxylic acids is 1. The van der Waals surface area contributed by atoms with E-state index in [0.717, 1.165) is 11.1 Å². The van der Waals surface area contributed by atoms with Gasteiger partial charge < -0.3 is 14.7 Å². The van der Waals surface area contributed by atoms with Crippen molar-refractivity contribution in [3.63, 3.8) is 0 Å². The van der Waals surface area contributed by atoms with Crippen LogP contribution >= 0.6 is 11.6 Å². The smallest absolute Gasteiger partial charge is 0.254 e. The molecule has 2 atom stereocenters. The molecule has 1 aliphatic rings.